The number of hydrogen-bond acceptors (Lipinski definition) is 5. The molecule has 0 bridgehead atoms. The van der Waals surface area contributed by atoms with E-state index >= 15 is 0 Å². The Kier molecular flexibility index (Phi) is 5.35. The van der Waals surface area contributed by atoms with Crippen molar-refractivity contribution in [2.24, 2.45) is 5.92 Å². The van der Waals surface area contributed by atoms with Crippen LogP contribution in [0.25, 0.3) is 0 Å². The minimum absolute atomic E-state index is 0.0469. The summed E-state index contributed by atoms with van der Waals surface area (Å²) >= 11 is 0. The first-order valence-corrected chi connectivity index (χ1v) is 8.57. The second-order valence-corrected chi connectivity index (χ2v) is 6.44. The molecule has 0 saturated carbocycles. The van der Waals surface area contributed by atoms with Crippen LogP contribution in [-0.4, -0.2) is 29.2 Å². The summed E-state index contributed by atoms with van der Waals surface area (Å²) in [6, 6.07) is 12.9. The largest absolute Gasteiger partial charge is 0.311 e. The van der Waals surface area contributed by atoms with Crippen molar-refractivity contribution in [3.8, 4) is 0 Å². The highest BCUT2D eigenvalue weighted by Gasteiger charge is 2.36. The summed E-state index contributed by atoms with van der Waals surface area (Å²) in [6.45, 7) is 1.69. The van der Waals surface area contributed by atoms with Crippen molar-refractivity contribution in [2.45, 2.75) is 13.3 Å². The van der Waals surface area contributed by atoms with Gasteiger partial charge in [-0.15, -0.1) is 0 Å². The summed E-state index contributed by atoms with van der Waals surface area (Å²) in [4.78, 5) is 48.5. The first-order valence-electron chi connectivity index (χ1n) is 8.57. The second-order valence-electron chi connectivity index (χ2n) is 6.44. The fourth-order valence-electron chi connectivity index (χ4n) is 2.98. The van der Waals surface area contributed by atoms with Crippen molar-refractivity contribution >= 4 is 29.1 Å². The Morgan fingerprint density at radius 3 is 2.54 bits per heavy atom. The van der Waals surface area contributed by atoms with Gasteiger partial charge in [-0.2, -0.15) is 0 Å². The number of anilines is 1. The Morgan fingerprint density at radius 1 is 1.14 bits per heavy atom. The fraction of sp³-hybridized carbons (Fsp3) is 0.211. The minimum Gasteiger partial charge on any atom is -0.311 e. The quantitative estimate of drug-likeness (QED) is 0.616. The Hall–Kier alpha value is -3.75. The third-order valence-corrected chi connectivity index (χ3v) is 4.53. The molecule has 1 aliphatic heterocycles. The van der Waals surface area contributed by atoms with Gasteiger partial charge in [-0.05, 0) is 25.1 Å². The zero-order valence-electron chi connectivity index (χ0n) is 15.0. The van der Waals surface area contributed by atoms with E-state index in [9.17, 15) is 24.5 Å². The summed E-state index contributed by atoms with van der Waals surface area (Å²) in [7, 11) is 0. The molecule has 0 spiro atoms. The first kappa shape index (κ1) is 19.0. The van der Waals surface area contributed by atoms with Gasteiger partial charge in [0.1, 0.15) is 0 Å². The number of carbonyl (C=O) groups is 3. The van der Waals surface area contributed by atoms with Gasteiger partial charge in [-0.1, -0.05) is 24.3 Å². The second kappa shape index (κ2) is 7.87. The van der Waals surface area contributed by atoms with Crippen molar-refractivity contribution in [1.82, 2.24) is 10.9 Å². The van der Waals surface area contributed by atoms with Crippen LogP contribution < -0.4 is 15.8 Å². The van der Waals surface area contributed by atoms with Crippen LogP contribution in [0.5, 0.6) is 0 Å². The number of rotatable bonds is 4. The number of carbonyl (C=O) groups excluding carboxylic acids is 3. The molecule has 0 radical (unpaired) electrons. The molecule has 1 fully saturated rings. The molecule has 0 aromatic heterocycles. The molecule has 9 heteroatoms. The summed E-state index contributed by atoms with van der Waals surface area (Å²) in [5.41, 5.74) is 5.80. The molecule has 2 N–H and O–H groups in total. The Morgan fingerprint density at radius 2 is 1.86 bits per heavy atom. The molecule has 1 aliphatic rings. The molecular weight excluding hydrogens is 364 g/mol. The number of nitro benzene ring substituents is 1. The molecule has 1 heterocycles. The van der Waals surface area contributed by atoms with E-state index in [2.05, 4.69) is 10.9 Å². The minimum atomic E-state index is -0.677. The van der Waals surface area contributed by atoms with Crippen LogP contribution in [-0.2, 0) is 9.59 Å². The lowest BCUT2D eigenvalue weighted by molar-refractivity contribution is -0.385. The number of nitrogens with zero attached hydrogens (tertiary/aromatic N) is 2. The summed E-state index contributed by atoms with van der Waals surface area (Å²) in [5.74, 6) is -1.96. The molecule has 2 aromatic carbocycles. The van der Waals surface area contributed by atoms with E-state index in [1.54, 1.807) is 49.4 Å². The Bertz CT molecular complexity index is 945. The highest BCUT2D eigenvalue weighted by Crippen LogP contribution is 2.29. The predicted octanol–water partition coefficient (Wildman–Crippen LogP) is 1.72. The van der Waals surface area contributed by atoms with Crippen LogP contribution in [0.15, 0.2) is 48.5 Å². The highest BCUT2D eigenvalue weighted by molar-refractivity contribution is 6.01. The molecule has 0 unspecified atom stereocenters. The highest BCUT2D eigenvalue weighted by atomic mass is 16.6. The Balaban J connectivity index is 1.64. The summed E-state index contributed by atoms with van der Waals surface area (Å²) in [6.07, 6.45) is -0.0469. The zero-order valence-corrected chi connectivity index (χ0v) is 15.0. The number of hydrazine groups is 1. The van der Waals surface area contributed by atoms with E-state index in [1.807, 2.05) is 0 Å². The average molecular weight is 382 g/mol. The molecule has 144 valence electrons. The third-order valence-electron chi connectivity index (χ3n) is 4.53. The van der Waals surface area contributed by atoms with Gasteiger partial charge in [0, 0.05) is 30.2 Å². The molecule has 3 amide bonds. The summed E-state index contributed by atoms with van der Waals surface area (Å²) < 4.78 is 0. The number of nitro groups is 1. The van der Waals surface area contributed by atoms with Crippen LogP contribution in [0.4, 0.5) is 11.4 Å². The van der Waals surface area contributed by atoms with Gasteiger partial charge in [0.2, 0.25) is 11.8 Å². The van der Waals surface area contributed by atoms with Crippen LogP contribution in [0.2, 0.25) is 0 Å². The lowest BCUT2D eigenvalue weighted by Crippen LogP contribution is -2.45. The normalized spacial score (nSPS) is 16.0. The molecule has 2 aromatic rings. The maximum Gasteiger partial charge on any atom is 0.274 e. The number of nitrogens with one attached hydrogen (secondary N) is 2. The maximum absolute atomic E-state index is 12.3. The van der Waals surface area contributed by atoms with Crippen molar-refractivity contribution in [3.05, 3.63) is 69.8 Å². The maximum atomic E-state index is 12.3. The molecule has 1 saturated heterocycles. The van der Waals surface area contributed by atoms with Crippen molar-refractivity contribution in [3.63, 3.8) is 0 Å². The van der Waals surface area contributed by atoms with Gasteiger partial charge in [-0.25, -0.2) is 0 Å². The van der Waals surface area contributed by atoms with Gasteiger partial charge in [0.05, 0.1) is 16.5 Å². The van der Waals surface area contributed by atoms with Gasteiger partial charge < -0.3 is 4.90 Å². The number of benzene rings is 2. The SMILES string of the molecule is Cc1ccc(N2C[C@@H](C(=O)NNC(=O)c3ccccc3)CC2=O)cc1[N+](=O)[O-]. The topological polar surface area (TPSA) is 122 Å². The van der Waals surface area contributed by atoms with Crippen LogP contribution in [0.3, 0.4) is 0 Å². The van der Waals surface area contributed by atoms with E-state index in [0.29, 0.717) is 16.8 Å². The molecular formula is C19H18N4O5. The fourth-order valence-corrected chi connectivity index (χ4v) is 2.98. The first-order chi connectivity index (χ1) is 13.4. The van der Waals surface area contributed by atoms with Crippen molar-refractivity contribution in [2.75, 3.05) is 11.4 Å². The Labute approximate surface area is 160 Å². The predicted molar refractivity (Wildman–Crippen MR) is 100 cm³/mol. The number of hydrogen-bond donors (Lipinski definition) is 2. The van der Waals surface area contributed by atoms with Crippen molar-refractivity contribution in [1.29, 1.82) is 0 Å². The van der Waals surface area contributed by atoms with Gasteiger partial charge in [0.25, 0.3) is 11.6 Å². The van der Waals surface area contributed by atoms with Crippen LogP contribution in [0, 0.1) is 23.0 Å². The zero-order chi connectivity index (χ0) is 20.3. The molecule has 28 heavy (non-hydrogen) atoms. The molecule has 0 aliphatic carbocycles. The van der Waals surface area contributed by atoms with Gasteiger partial charge in [0.15, 0.2) is 0 Å². The van der Waals surface area contributed by atoms with E-state index in [-0.39, 0.29) is 24.6 Å². The van der Waals surface area contributed by atoms with Crippen LogP contribution >= 0.6 is 0 Å². The van der Waals surface area contributed by atoms with Gasteiger partial charge >= 0.3 is 0 Å². The third kappa shape index (κ3) is 3.98. The van der Waals surface area contributed by atoms with E-state index in [0.717, 1.165) is 0 Å². The lowest BCUT2D eigenvalue weighted by Gasteiger charge is -2.17. The van der Waals surface area contributed by atoms with Gasteiger partial charge in [-0.3, -0.25) is 35.3 Å². The molecule has 9 nitrogen and oxygen atoms in total. The summed E-state index contributed by atoms with van der Waals surface area (Å²) in [5, 5.41) is 11.1. The smallest absolute Gasteiger partial charge is 0.274 e. The van der Waals surface area contributed by atoms with E-state index < -0.39 is 22.7 Å². The standard InChI is InChI=1S/C19H18N4O5/c1-12-7-8-15(10-16(12)23(27)28)22-11-14(9-17(22)24)19(26)21-20-18(25)13-5-3-2-4-6-13/h2-8,10,14H,9,11H2,1H3,(H,20,25)(H,21,26)/t14-/m0/s1. The molecule has 3 rings (SSSR count). The van der Waals surface area contributed by atoms with Crippen LogP contribution in [0.1, 0.15) is 22.3 Å². The lowest BCUT2D eigenvalue weighted by atomic mass is 10.1. The monoisotopic (exact) mass is 382 g/mol. The van der Waals surface area contributed by atoms with Crippen molar-refractivity contribution < 1.29 is 19.3 Å². The average Bonchev–Trinajstić information content (AvgIpc) is 3.08. The van der Waals surface area contributed by atoms with E-state index in [1.165, 1.54) is 11.0 Å². The number of amides is 3. The van der Waals surface area contributed by atoms with E-state index in [4.69, 9.17) is 0 Å². The molecule has 1 atom stereocenters. The number of aryl methyl sites for hydroxylation is 1.